The Morgan fingerprint density at radius 3 is 2.10 bits per heavy atom. The second-order valence-corrected chi connectivity index (χ2v) is 19.4. The summed E-state index contributed by atoms with van der Waals surface area (Å²) in [6.45, 7) is 2.40. The molecule has 0 aliphatic heterocycles. The van der Waals surface area contributed by atoms with Crippen LogP contribution < -0.4 is 4.90 Å². The molecule has 3 aliphatic carbocycles. The fraction of sp³-hybridized carbons (Fsp3) is 0.152. The average molecular weight is 876 g/mol. The number of allylic oxidation sites excluding steroid dienone is 2. The highest BCUT2D eigenvalue weighted by Gasteiger charge is 2.41. The third-order valence-corrected chi connectivity index (χ3v) is 15.7. The topological polar surface area (TPSA) is 16.4 Å². The van der Waals surface area contributed by atoms with Crippen LogP contribution in [0.5, 0.6) is 0 Å². The van der Waals surface area contributed by atoms with E-state index in [0.29, 0.717) is 5.92 Å². The van der Waals surface area contributed by atoms with Gasteiger partial charge in [-0.15, -0.1) is 0 Å². The molecule has 1 heterocycles. The third-order valence-electron chi connectivity index (χ3n) is 15.7. The van der Waals surface area contributed by atoms with E-state index in [1.54, 1.807) is 0 Å². The molecule has 0 N–H and O–H groups in total. The van der Waals surface area contributed by atoms with E-state index in [2.05, 4.69) is 230 Å². The quantitative estimate of drug-likeness (QED) is 0.151. The van der Waals surface area contributed by atoms with Crippen molar-refractivity contribution in [3.05, 3.63) is 246 Å². The van der Waals surface area contributed by atoms with Crippen LogP contribution in [-0.4, -0.2) is 6.04 Å². The molecule has 0 saturated heterocycles. The van der Waals surface area contributed by atoms with Gasteiger partial charge in [-0.1, -0.05) is 207 Å². The Morgan fingerprint density at radius 2 is 1.22 bits per heavy atom. The van der Waals surface area contributed by atoms with E-state index in [1.807, 2.05) is 0 Å². The molecular weight excluding hydrogens is 823 g/mol. The van der Waals surface area contributed by atoms with E-state index in [0.717, 1.165) is 50.9 Å². The van der Waals surface area contributed by atoms with Gasteiger partial charge < -0.3 is 9.32 Å². The van der Waals surface area contributed by atoms with Gasteiger partial charge in [0, 0.05) is 33.1 Å². The van der Waals surface area contributed by atoms with Gasteiger partial charge in [0.1, 0.15) is 11.2 Å². The van der Waals surface area contributed by atoms with Crippen LogP contribution in [0.25, 0.3) is 71.7 Å². The molecular formula is C66H53NO. The minimum atomic E-state index is -0.257. The highest BCUT2D eigenvalue weighted by molar-refractivity contribution is 6.10. The van der Waals surface area contributed by atoms with Crippen molar-refractivity contribution in [3.63, 3.8) is 0 Å². The lowest BCUT2D eigenvalue weighted by Gasteiger charge is -2.37. The van der Waals surface area contributed by atoms with Gasteiger partial charge in [0.2, 0.25) is 0 Å². The number of hydrogen-bond donors (Lipinski definition) is 0. The number of rotatable bonds is 8. The number of fused-ring (bicyclic) bond motifs is 7. The van der Waals surface area contributed by atoms with Crippen LogP contribution in [0.1, 0.15) is 79.2 Å². The molecule has 1 fully saturated rings. The minimum absolute atomic E-state index is 0.0348. The summed E-state index contributed by atoms with van der Waals surface area (Å²) in [5.41, 5.74) is 19.5. The highest BCUT2D eigenvalue weighted by Crippen LogP contribution is 2.55. The molecule has 2 atom stereocenters. The number of furan rings is 1. The fourth-order valence-corrected chi connectivity index (χ4v) is 12.5. The number of para-hydroxylation sites is 2. The van der Waals surface area contributed by atoms with E-state index >= 15 is 0 Å². The van der Waals surface area contributed by atoms with E-state index in [9.17, 15) is 0 Å². The molecule has 328 valence electrons. The summed E-state index contributed by atoms with van der Waals surface area (Å²) in [5, 5.41) is 5.04. The Balaban J connectivity index is 0.969. The zero-order valence-corrected chi connectivity index (χ0v) is 38.5. The Bertz CT molecular complexity index is 3600. The first-order chi connectivity index (χ1) is 33.6. The maximum atomic E-state index is 6.63. The van der Waals surface area contributed by atoms with Crippen molar-refractivity contribution >= 4 is 49.7 Å². The molecule has 0 bridgehead atoms. The Labute approximate surface area is 399 Å². The Morgan fingerprint density at radius 1 is 0.529 bits per heavy atom. The maximum absolute atomic E-state index is 6.63. The van der Waals surface area contributed by atoms with Gasteiger partial charge in [0.25, 0.3) is 0 Å². The Kier molecular flexibility index (Phi) is 9.89. The average Bonchev–Trinajstić information content (AvgIpc) is 3.93. The number of benzene rings is 9. The molecule has 10 aromatic rings. The molecule has 0 spiro atoms. The first-order valence-electron chi connectivity index (χ1n) is 24.7. The van der Waals surface area contributed by atoms with Crippen molar-refractivity contribution in [1.29, 1.82) is 0 Å². The van der Waals surface area contributed by atoms with Crippen LogP contribution in [0.3, 0.4) is 0 Å². The van der Waals surface area contributed by atoms with Gasteiger partial charge in [-0.25, -0.2) is 0 Å². The molecule has 0 radical (unpaired) electrons. The molecule has 3 aliphatic rings. The molecule has 2 unspecified atom stereocenters. The summed E-state index contributed by atoms with van der Waals surface area (Å²) in [6.07, 6.45) is 14.4. The van der Waals surface area contributed by atoms with E-state index in [-0.39, 0.29) is 11.5 Å². The van der Waals surface area contributed by atoms with Crippen molar-refractivity contribution in [2.75, 3.05) is 4.90 Å². The standard InChI is InChI=1S/C66H53NO/c1-66(48-24-6-3-7-25-48)59-35-11-8-29-58(59)64-52(31-18-36-60(64)66)45-39-41-49(42-40-45)67(50-26-14-23-47(43-50)53-32-17-34-57-55-28-10-13-38-62(55)68-65(53)57)61-37-12-9-27-54(61)56-33-16-22-46-21-15-30-51(63(46)56)44-19-4-2-5-20-44/h3,6-18,21-36,38-44,61H,2,4-5,19-20,37H2,1H3. The van der Waals surface area contributed by atoms with Crippen LogP contribution in [0.2, 0.25) is 0 Å². The summed E-state index contributed by atoms with van der Waals surface area (Å²) in [7, 11) is 0. The smallest absolute Gasteiger partial charge is 0.143 e. The number of hydrogen-bond acceptors (Lipinski definition) is 2. The monoisotopic (exact) mass is 875 g/mol. The van der Waals surface area contributed by atoms with E-state index < -0.39 is 0 Å². The maximum Gasteiger partial charge on any atom is 0.143 e. The molecule has 13 rings (SSSR count). The molecule has 2 nitrogen and oxygen atoms in total. The van der Waals surface area contributed by atoms with Crippen molar-refractivity contribution in [2.24, 2.45) is 0 Å². The summed E-state index contributed by atoms with van der Waals surface area (Å²) >= 11 is 0. The van der Waals surface area contributed by atoms with Gasteiger partial charge in [-0.2, -0.15) is 0 Å². The van der Waals surface area contributed by atoms with Crippen LogP contribution in [0.15, 0.2) is 223 Å². The molecule has 68 heavy (non-hydrogen) atoms. The van der Waals surface area contributed by atoms with Crippen LogP contribution in [0.4, 0.5) is 11.4 Å². The summed E-state index contributed by atoms with van der Waals surface area (Å²) in [5.74, 6) is 0.588. The SMILES string of the molecule is CC1(c2ccccc2)c2ccccc2-c2c(-c3ccc(N(c4cccc(-c5cccc6c5oc5ccccc56)c4)C4CC=CC=C4c4cccc5cccc(C6CCCCC6)c45)cc3)cccc21. The Hall–Kier alpha value is -7.68. The lowest BCUT2D eigenvalue weighted by atomic mass is 9.74. The van der Waals surface area contributed by atoms with E-state index in [1.165, 1.54) is 98.5 Å². The van der Waals surface area contributed by atoms with Crippen molar-refractivity contribution in [3.8, 4) is 33.4 Å². The molecule has 1 aromatic heterocycles. The summed E-state index contributed by atoms with van der Waals surface area (Å²) < 4.78 is 6.63. The minimum Gasteiger partial charge on any atom is -0.455 e. The van der Waals surface area contributed by atoms with Gasteiger partial charge in [0.05, 0.1) is 6.04 Å². The van der Waals surface area contributed by atoms with E-state index in [4.69, 9.17) is 4.42 Å². The number of nitrogens with zero attached hydrogens (tertiary/aromatic N) is 1. The highest BCUT2D eigenvalue weighted by atomic mass is 16.3. The third kappa shape index (κ3) is 6.53. The van der Waals surface area contributed by atoms with Crippen LogP contribution in [0, 0.1) is 0 Å². The van der Waals surface area contributed by atoms with Crippen LogP contribution >= 0.6 is 0 Å². The molecule has 9 aromatic carbocycles. The fourth-order valence-electron chi connectivity index (χ4n) is 12.5. The lowest BCUT2D eigenvalue weighted by Crippen LogP contribution is -2.33. The zero-order valence-electron chi connectivity index (χ0n) is 38.5. The predicted octanol–water partition coefficient (Wildman–Crippen LogP) is 18.0. The van der Waals surface area contributed by atoms with Gasteiger partial charge in [-0.05, 0) is 134 Å². The summed E-state index contributed by atoms with van der Waals surface area (Å²) in [6, 6.07) is 74.6. The van der Waals surface area contributed by atoms with Crippen molar-refractivity contribution in [1.82, 2.24) is 0 Å². The van der Waals surface area contributed by atoms with Crippen molar-refractivity contribution < 1.29 is 4.42 Å². The molecule has 0 amide bonds. The van der Waals surface area contributed by atoms with Crippen molar-refractivity contribution in [2.45, 2.75) is 62.8 Å². The van der Waals surface area contributed by atoms with Gasteiger partial charge in [0.15, 0.2) is 0 Å². The molecule has 2 heteroatoms. The zero-order chi connectivity index (χ0) is 45.2. The van der Waals surface area contributed by atoms with Gasteiger partial charge in [-0.3, -0.25) is 0 Å². The first kappa shape index (κ1) is 40.6. The second kappa shape index (κ2) is 16.6. The first-order valence-corrected chi connectivity index (χ1v) is 24.7. The predicted molar refractivity (Wildman–Crippen MR) is 286 cm³/mol. The summed E-state index contributed by atoms with van der Waals surface area (Å²) in [4.78, 5) is 2.61. The molecule has 1 saturated carbocycles. The second-order valence-electron chi connectivity index (χ2n) is 19.4. The lowest BCUT2D eigenvalue weighted by molar-refractivity contribution is 0.445. The number of anilines is 2. The van der Waals surface area contributed by atoms with Crippen LogP contribution in [-0.2, 0) is 5.41 Å². The van der Waals surface area contributed by atoms with Gasteiger partial charge >= 0.3 is 0 Å². The normalized spacial score (nSPS) is 17.9. The largest absolute Gasteiger partial charge is 0.455 e.